The van der Waals surface area contributed by atoms with E-state index in [1.165, 1.54) is 14.2 Å². The van der Waals surface area contributed by atoms with E-state index in [1.807, 2.05) is 0 Å². The van der Waals surface area contributed by atoms with Crippen LogP contribution in [-0.4, -0.2) is 22.8 Å². The minimum absolute atomic E-state index is 0.155. The average molecular weight is 236 g/mol. The van der Waals surface area contributed by atoms with Crippen LogP contribution in [0.5, 0.6) is 0 Å². The second kappa shape index (κ2) is 4.93. The van der Waals surface area contributed by atoms with Crippen LogP contribution < -0.4 is 0 Å². The molecule has 0 aliphatic rings. The van der Waals surface area contributed by atoms with Crippen molar-refractivity contribution in [3.05, 3.63) is 0 Å². The summed E-state index contributed by atoms with van der Waals surface area (Å²) in [5, 5.41) is -0.311. The third-order valence-electron chi connectivity index (χ3n) is 2.38. The average Bonchev–Trinajstić information content (AvgIpc) is 1.99. The van der Waals surface area contributed by atoms with E-state index in [0.717, 1.165) is 0 Å². The number of rotatable bonds is 4. The summed E-state index contributed by atoms with van der Waals surface area (Å²) in [7, 11) is 0.353. The second-order valence-electron chi connectivity index (χ2n) is 5.62. The minimum Gasteiger partial charge on any atom is -0.249 e. The van der Waals surface area contributed by atoms with Crippen LogP contribution in [0.15, 0.2) is 0 Å². The van der Waals surface area contributed by atoms with Crippen LogP contribution in [-0.2, 0) is 18.9 Å². The predicted octanol–water partition coefficient (Wildman–Crippen LogP) is 3.18. The zero-order chi connectivity index (χ0) is 12.3. The Bertz CT molecular complexity index is 171. The largest absolute Gasteiger partial charge is 0.419 e. The SMILES string of the molecule is COO[Si](OOC)(C(C)(C)C)C(C)(C)C. The molecule has 0 aromatic rings. The van der Waals surface area contributed by atoms with Gasteiger partial charge in [-0.2, -0.15) is 0 Å². The smallest absolute Gasteiger partial charge is 0.249 e. The highest BCUT2D eigenvalue weighted by Gasteiger charge is 2.61. The van der Waals surface area contributed by atoms with Crippen LogP contribution in [0.25, 0.3) is 0 Å². The Morgan fingerprint density at radius 2 is 0.933 bits per heavy atom. The van der Waals surface area contributed by atoms with Gasteiger partial charge in [-0.15, -0.1) is 0 Å². The lowest BCUT2D eigenvalue weighted by molar-refractivity contribution is -0.281. The van der Waals surface area contributed by atoms with Crippen LogP contribution in [0.3, 0.4) is 0 Å². The van der Waals surface area contributed by atoms with E-state index in [9.17, 15) is 0 Å². The summed E-state index contributed by atoms with van der Waals surface area (Å²) in [6.45, 7) is 12.4. The molecule has 0 spiro atoms. The molecule has 0 fully saturated rings. The van der Waals surface area contributed by atoms with Crippen LogP contribution in [0.2, 0.25) is 10.1 Å². The molecule has 92 valence electrons. The maximum absolute atomic E-state index is 5.49. The first kappa shape index (κ1) is 15.1. The van der Waals surface area contributed by atoms with Gasteiger partial charge in [0.05, 0.1) is 14.2 Å². The molecule has 0 heterocycles. The van der Waals surface area contributed by atoms with Crippen molar-refractivity contribution in [2.75, 3.05) is 14.2 Å². The van der Waals surface area contributed by atoms with Crippen molar-refractivity contribution in [3.8, 4) is 0 Å². The van der Waals surface area contributed by atoms with Gasteiger partial charge in [-0.3, -0.25) is 0 Å². The fourth-order valence-corrected chi connectivity index (χ4v) is 5.62. The predicted molar refractivity (Wildman–Crippen MR) is 61.4 cm³/mol. The minimum atomic E-state index is -2.64. The number of hydrogen-bond donors (Lipinski definition) is 0. The lowest BCUT2D eigenvalue weighted by atomic mass is 10.2. The molecule has 0 unspecified atom stereocenters. The van der Waals surface area contributed by atoms with Crippen molar-refractivity contribution < 1.29 is 18.9 Å². The Balaban J connectivity index is 5.28. The first-order chi connectivity index (χ1) is 6.62. The van der Waals surface area contributed by atoms with Crippen LogP contribution >= 0.6 is 0 Å². The van der Waals surface area contributed by atoms with E-state index in [0.29, 0.717) is 0 Å². The third kappa shape index (κ3) is 3.01. The highest BCUT2D eigenvalue weighted by atomic mass is 28.4. The van der Waals surface area contributed by atoms with Gasteiger partial charge >= 0.3 is 8.56 Å². The molecular formula is C10H24O4Si. The van der Waals surface area contributed by atoms with Gasteiger partial charge in [0.25, 0.3) is 0 Å². The number of hydrogen-bond acceptors (Lipinski definition) is 4. The fourth-order valence-electron chi connectivity index (χ4n) is 1.87. The quantitative estimate of drug-likeness (QED) is 0.427. The van der Waals surface area contributed by atoms with Crippen molar-refractivity contribution in [3.63, 3.8) is 0 Å². The van der Waals surface area contributed by atoms with Crippen molar-refractivity contribution in [1.29, 1.82) is 0 Å². The molecule has 4 nitrogen and oxygen atoms in total. The first-order valence-corrected chi connectivity index (χ1v) is 6.87. The molecule has 0 aromatic heterocycles. The summed E-state index contributed by atoms with van der Waals surface area (Å²) >= 11 is 0. The maximum Gasteiger partial charge on any atom is 0.419 e. The standard InChI is InChI=1S/C10H24O4Si/c1-9(2,3)15(13-11-7,14-12-8)10(4,5)6/h1-8H3. The summed E-state index contributed by atoms with van der Waals surface area (Å²) in [5.74, 6) is 0. The van der Waals surface area contributed by atoms with E-state index in [1.54, 1.807) is 0 Å². The molecule has 0 N–H and O–H groups in total. The van der Waals surface area contributed by atoms with Gasteiger partial charge in [0, 0.05) is 10.1 Å². The van der Waals surface area contributed by atoms with Gasteiger partial charge in [-0.25, -0.2) is 18.9 Å². The summed E-state index contributed by atoms with van der Waals surface area (Å²) in [4.78, 5) is 9.74. The van der Waals surface area contributed by atoms with E-state index in [4.69, 9.17) is 18.9 Å². The first-order valence-electron chi connectivity index (χ1n) is 5.06. The van der Waals surface area contributed by atoms with Gasteiger partial charge in [-0.05, 0) is 0 Å². The molecule has 5 heteroatoms. The zero-order valence-electron chi connectivity index (χ0n) is 11.1. The lowest BCUT2D eigenvalue weighted by Crippen LogP contribution is -2.57. The zero-order valence-corrected chi connectivity index (χ0v) is 12.1. The molecule has 0 amide bonds. The monoisotopic (exact) mass is 236 g/mol. The Hall–Kier alpha value is 0.0569. The summed E-state index contributed by atoms with van der Waals surface area (Å²) < 4.78 is 11.0. The Morgan fingerprint density at radius 1 is 0.667 bits per heavy atom. The Kier molecular flexibility index (Phi) is 4.94. The van der Waals surface area contributed by atoms with Crippen molar-refractivity contribution in [1.82, 2.24) is 0 Å². The molecule has 0 saturated carbocycles. The van der Waals surface area contributed by atoms with Gasteiger partial charge in [-0.1, -0.05) is 41.5 Å². The highest BCUT2D eigenvalue weighted by Crippen LogP contribution is 2.52. The molecule has 0 aliphatic heterocycles. The topological polar surface area (TPSA) is 36.9 Å². The maximum atomic E-state index is 5.49. The molecule has 0 radical (unpaired) electrons. The Labute approximate surface area is 94.0 Å². The summed E-state index contributed by atoms with van der Waals surface area (Å²) in [6, 6.07) is 0. The van der Waals surface area contributed by atoms with Gasteiger partial charge in [0.2, 0.25) is 0 Å². The van der Waals surface area contributed by atoms with Gasteiger partial charge in [0.15, 0.2) is 0 Å². The van der Waals surface area contributed by atoms with Crippen LogP contribution in [0.4, 0.5) is 0 Å². The Morgan fingerprint density at radius 3 is 1.07 bits per heavy atom. The molecule has 0 saturated heterocycles. The van der Waals surface area contributed by atoms with Crippen LogP contribution in [0.1, 0.15) is 41.5 Å². The molecule has 0 rings (SSSR count). The van der Waals surface area contributed by atoms with Crippen molar-refractivity contribution in [2.24, 2.45) is 0 Å². The third-order valence-corrected chi connectivity index (χ3v) is 7.13. The molecular weight excluding hydrogens is 212 g/mol. The van der Waals surface area contributed by atoms with E-state index < -0.39 is 8.56 Å². The fraction of sp³-hybridized carbons (Fsp3) is 1.00. The van der Waals surface area contributed by atoms with E-state index >= 15 is 0 Å². The van der Waals surface area contributed by atoms with E-state index in [2.05, 4.69) is 41.5 Å². The normalized spacial score (nSPS) is 14.4. The molecule has 0 aliphatic carbocycles. The van der Waals surface area contributed by atoms with Crippen molar-refractivity contribution >= 4 is 8.56 Å². The van der Waals surface area contributed by atoms with Crippen molar-refractivity contribution in [2.45, 2.75) is 51.6 Å². The van der Waals surface area contributed by atoms with Crippen LogP contribution in [0, 0.1) is 0 Å². The van der Waals surface area contributed by atoms with E-state index in [-0.39, 0.29) is 10.1 Å². The molecule has 15 heavy (non-hydrogen) atoms. The lowest BCUT2D eigenvalue weighted by Gasteiger charge is -2.45. The molecule has 0 aromatic carbocycles. The van der Waals surface area contributed by atoms with Gasteiger partial charge < -0.3 is 0 Å². The van der Waals surface area contributed by atoms with Gasteiger partial charge in [0.1, 0.15) is 0 Å². The molecule has 0 bridgehead atoms. The summed E-state index contributed by atoms with van der Waals surface area (Å²) in [5.41, 5.74) is 0. The second-order valence-corrected chi connectivity index (χ2v) is 10.2. The molecule has 0 atom stereocenters. The highest BCUT2D eigenvalue weighted by molar-refractivity contribution is 6.73. The summed E-state index contributed by atoms with van der Waals surface area (Å²) in [6.07, 6.45) is 0.